The van der Waals surface area contributed by atoms with Gasteiger partial charge >= 0.3 is 0 Å². The Balaban J connectivity index is 2.40. The smallest absolute Gasteiger partial charge is 0.211 e. The zero-order chi connectivity index (χ0) is 23.8. The van der Waals surface area contributed by atoms with E-state index < -0.39 is 0 Å². The predicted octanol–water partition coefficient (Wildman–Crippen LogP) is 5.35. The number of hydrogen-bond acceptors (Lipinski definition) is 8. The van der Waals surface area contributed by atoms with Crippen LogP contribution in [0.3, 0.4) is 0 Å². The summed E-state index contributed by atoms with van der Waals surface area (Å²) in [6, 6.07) is 16.2. The molecule has 0 aromatic heterocycles. The van der Waals surface area contributed by atoms with E-state index in [0.29, 0.717) is 11.1 Å². The molecular formula is C25H16N4O4. The van der Waals surface area contributed by atoms with Gasteiger partial charge in [0, 0.05) is 5.92 Å². The van der Waals surface area contributed by atoms with Gasteiger partial charge in [-0.15, -0.1) is 0 Å². The molecule has 3 rings (SSSR count). The Labute approximate surface area is 188 Å². The van der Waals surface area contributed by atoms with Gasteiger partial charge in [-0.25, -0.2) is 19.2 Å². The lowest BCUT2D eigenvalue weighted by Gasteiger charge is -2.24. The molecule has 0 amide bonds. The summed E-state index contributed by atoms with van der Waals surface area (Å²) < 4.78 is 0. The van der Waals surface area contributed by atoms with Crippen LogP contribution in [-0.4, -0.2) is 24.3 Å². The number of nitrogens with zero attached hydrogens (tertiary/aromatic N) is 4. The Morgan fingerprint density at radius 1 is 0.576 bits per heavy atom. The Bertz CT molecular complexity index is 1320. The van der Waals surface area contributed by atoms with Crippen LogP contribution >= 0.6 is 0 Å². The maximum atomic E-state index is 11.1. The minimum absolute atomic E-state index is 0.194. The maximum absolute atomic E-state index is 11.1. The summed E-state index contributed by atoms with van der Waals surface area (Å²) in [5.41, 5.74) is 4.48. The van der Waals surface area contributed by atoms with Crippen molar-refractivity contribution in [3.63, 3.8) is 0 Å². The summed E-state index contributed by atoms with van der Waals surface area (Å²) in [5, 5.41) is 0. The van der Waals surface area contributed by atoms with E-state index in [1.165, 1.54) is 24.3 Å². The molecule has 0 saturated carbocycles. The molecule has 0 N–H and O–H groups in total. The Hall–Kier alpha value is -4.82. The van der Waals surface area contributed by atoms with Gasteiger partial charge < -0.3 is 0 Å². The summed E-state index contributed by atoms with van der Waals surface area (Å²) in [6.45, 7) is 3.52. The number of rotatable bonds is 7. The quantitative estimate of drug-likeness (QED) is 0.282. The minimum Gasteiger partial charge on any atom is -0.211 e. The summed E-state index contributed by atoms with van der Waals surface area (Å²) >= 11 is 0. The van der Waals surface area contributed by atoms with Gasteiger partial charge in [-0.2, -0.15) is 20.0 Å². The molecule has 33 heavy (non-hydrogen) atoms. The van der Waals surface area contributed by atoms with Gasteiger partial charge in [-0.3, -0.25) is 0 Å². The van der Waals surface area contributed by atoms with Crippen LogP contribution in [0.1, 0.15) is 33.7 Å². The van der Waals surface area contributed by atoms with Crippen molar-refractivity contribution in [2.24, 2.45) is 20.0 Å². The second-order valence-electron chi connectivity index (χ2n) is 6.95. The van der Waals surface area contributed by atoms with Crippen LogP contribution in [-0.2, 0) is 19.2 Å². The van der Waals surface area contributed by atoms with Gasteiger partial charge in [0.05, 0.1) is 0 Å². The largest absolute Gasteiger partial charge is 0.240 e. The molecular weight excluding hydrogens is 420 g/mol. The fourth-order valence-electron chi connectivity index (χ4n) is 3.85. The van der Waals surface area contributed by atoms with E-state index in [1.54, 1.807) is 38.1 Å². The van der Waals surface area contributed by atoms with Crippen molar-refractivity contribution < 1.29 is 19.2 Å². The molecule has 0 unspecified atom stereocenters. The zero-order valence-electron chi connectivity index (χ0n) is 17.7. The highest BCUT2D eigenvalue weighted by molar-refractivity contribution is 5.76. The maximum Gasteiger partial charge on any atom is 0.240 e. The predicted molar refractivity (Wildman–Crippen MR) is 121 cm³/mol. The highest BCUT2D eigenvalue weighted by atomic mass is 16.1. The van der Waals surface area contributed by atoms with Gasteiger partial charge in [0.15, 0.2) is 0 Å². The zero-order valence-corrected chi connectivity index (χ0v) is 17.7. The van der Waals surface area contributed by atoms with Crippen molar-refractivity contribution in [2.45, 2.75) is 19.8 Å². The average molecular weight is 436 g/mol. The molecule has 160 valence electrons. The molecule has 0 radical (unpaired) electrons. The molecule has 8 heteroatoms. The second-order valence-corrected chi connectivity index (χ2v) is 6.95. The van der Waals surface area contributed by atoms with Crippen molar-refractivity contribution in [1.82, 2.24) is 0 Å². The first-order valence-electron chi connectivity index (χ1n) is 9.70. The molecule has 3 aromatic rings. The molecule has 3 aromatic carbocycles. The summed E-state index contributed by atoms with van der Waals surface area (Å²) in [4.78, 5) is 58.5. The van der Waals surface area contributed by atoms with Crippen LogP contribution in [0.15, 0.2) is 74.6 Å². The molecule has 0 bridgehead atoms. The van der Waals surface area contributed by atoms with Gasteiger partial charge in [0.2, 0.25) is 24.3 Å². The highest BCUT2D eigenvalue weighted by Crippen LogP contribution is 2.44. The van der Waals surface area contributed by atoms with Crippen LogP contribution in [0, 0.1) is 13.8 Å². The SMILES string of the molecule is Cc1c(C(c2ccccc2)c2ccc(N=C=O)c(N=C=O)c2C)ccc(N=C=O)c1N=C=O. The molecule has 0 aliphatic heterocycles. The first-order chi connectivity index (χ1) is 16.1. The van der Waals surface area contributed by atoms with Crippen molar-refractivity contribution >= 4 is 47.1 Å². The van der Waals surface area contributed by atoms with Crippen LogP contribution in [0.25, 0.3) is 0 Å². The summed E-state index contributed by atoms with van der Waals surface area (Å²) in [7, 11) is 0. The Morgan fingerprint density at radius 3 is 1.39 bits per heavy atom. The average Bonchev–Trinajstić information content (AvgIpc) is 2.82. The first-order valence-corrected chi connectivity index (χ1v) is 9.70. The third-order valence-corrected chi connectivity index (χ3v) is 5.31. The third kappa shape index (κ3) is 4.60. The standard InChI is InChI=1S/C25H16N4O4/c1-16-19(8-10-21(26-12-30)24(16)28-14-32)23(18-6-4-3-5-7-18)20-9-11-22(27-13-31)25(17(20)2)29-15-33/h3-11,23H,1-2H3. The second kappa shape index (κ2) is 10.5. The number of carbonyl (C=O) groups excluding carboxylic acids is 4. The van der Waals surface area contributed by atoms with E-state index in [1.807, 2.05) is 30.3 Å². The first kappa shape index (κ1) is 22.9. The van der Waals surface area contributed by atoms with Gasteiger partial charge in [-0.1, -0.05) is 42.5 Å². The van der Waals surface area contributed by atoms with Gasteiger partial charge in [-0.05, 0) is 53.8 Å². The molecule has 0 aliphatic carbocycles. The topological polar surface area (TPSA) is 118 Å². The molecule has 0 heterocycles. The number of isocyanates is 4. The number of benzene rings is 3. The van der Waals surface area contributed by atoms with Crippen molar-refractivity contribution in [3.05, 3.63) is 82.4 Å². The minimum atomic E-state index is -0.379. The lowest BCUT2D eigenvalue weighted by Crippen LogP contribution is -2.07. The van der Waals surface area contributed by atoms with E-state index in [9.17, 15) is 19.2 Å². The van der Waals surface area contributed by atoms with Crippen LogP contribution < -0.4 is 0 Å². The lowest BCUT2D eigenvalue weighted by molar-refractivity contribution is 0.564. The Morgan fingerprint density at radius 2 is 1.00 bits per heavy atom. The van der Waals surface area contributed by atoms with Crippen molar-refractivity contribution in [3.8, 4) is 0 Å². The van der Waals surface area contributed by atoms with E-state index in [-0.39, 0.29) is 28.7 Å². The monoisotopic (exact) mass is 436 g/mol. The summed E-state index contributed by atoms with van der Waals surface area (Å²) in [6.07, 6.45) is 5.94. The van der Waals surface area contributed by atoms with E-state index in [0.717, 1.165) is 16.7 Å². The van der Waals surface area contributed by atoms with Crippen molar-refractivity contribution in [2.75, 3.05) is 0 Å². The molecule has 0 saturated heterocycles. The summed E-state index contributed by atoms with van der Waals surface area (Å²) in [5.74, 6) is -0.379. The molecule has 0 fully saturated rings. The third-order valence-electron chi connectivity index (χ3n) is 5.31. The van der Waals surface area contributed by atoms with Gasteiger partial charge in [0.25, 0.3) is 0 Å². The Kier molecular flexibility index (Phi) is 7.25. The molecule has 0 spiro atoms. The fraction of sp³-hybridized carbons (Fsp3) is 0.120. The number of aliphatic imine (C=N–C) groups is 4. The molecule has 8 nitrogen and oxygen atoms in total. The molecule has 0 aliphatic rings. The lowest BCUT2D eigenvalue weighted by atomic mass is 9.80. The fourth-order valence-corrected chi connectivity index (χ4v) is 3.85. The van der Waals surface area contributed by atoms with Crippen LogP contribution in [0.4, 0.5) is 22.7 Å². The number of hydrogen-bond donors (Lipinski definition) is 0. The van der Waals surface area contributed by atoms with Gasteiger partial charge in [0.1, 0.15) is 22.7 Å². The molecule has 0 atom stereocenters. The van der Waals surface area contributed by atoms with Crippen LogP contribution in [0.2, 0.25) is 0 Å². The van der Waals surface area contributed by atoms with E-state index in [4.69, 9.17) is 0 Å². The van der Waals surface area contributed by atoms with Crippen LogP contribution in [0.5, 0.6) is 0 Å². The van der Waals surface area contributed by atoms with E-state index in [2.05, 4.69) is 20.0 Å². The highest BCUT2D eigenvalue weighted by Gasteiger charge is 2.24. The normalized spacial score (nSPS) is 10.6. The van der Waals surface area contributed by atoms with E-state index >= 15 is 0 Å². The van der Waals surface area contributed by atoms with Crippen molar-refractivity contribution in [1.29, 1.82) is 0 Å².